The lowest BCUT2D eigenvalue weighted by Gasteiger charge is -2.15. The fourth-order valence-electron chi connectivity index (χ4n) is 2.64. The first kappa shape index (κ1) is 15.8. The summed E-state index contributed by atoms with van der Waals surface area (Å²) < 4.78 is 5.45. The molecule has 0 unspecified atom stereocenters. The first-order chi connectivity index (χ1) is 11.7. The number of nitrogens with zero attached hydrogens (tertiary/aromatic N) is 2. The van der Waals surface area contributed by atoms with Crippen LogP contribution in [0.1, 0.15) is 28.8 Å². The average molecular weight is 320 g/mol. The Morgan fingerprint density at radius 1 is 1.21 bits per heavy atom. The number of hydrogen-bond acceptors (Lipinski definition) is 4. The van der Waals surface area contributed by atoms with Crippen LogP contribution < -0.4 is 9.64 Å². The van der Waals surface area contributed by atoms with Gasteiger partial charge in [0.15, 0.2) is 12.4 Å². The largest absolute Gasteiger partial charge is 0.485 e. The molecular weight excluding hydrogens is 304 g/mol. The zero-order valence-electron chi connectivity index (χ0n) is 13.1. The van der Waals surface area contributed by atoms with Crippen LogP contribution in [0, 0.1) is 11.3 Å². The minimum Gasteiger partial charge on any atom is -0.485 e. The van der Waals surface area contributed by atoms with Crippen LogP contribution in [0.25, 0.3) is 0 Å². The van der Waals surface area contributed by atoms with Gasteiger partial charge in [0.25, 0.3) is 0 Å². The lowest BCUT2D eigenvalue weighted by molar-refractivity contribution is -0.117. The summed E-state index contributed by atoms with van der Waals surface area (Å²) in [7, 11) is 0. The van der Waals surface area contributed by atoms with E-state index in [2.05, 4.69) is 0 Å². The van der Waals surface area contributed by atoms with Crippen LogP contribution in [0.3, 0.4) is 0 Å². The SMILES string of the molecule is N#Cc1cccc(OCC(=O)c2ccc(N3CCCC3=O)cc2)c1. The monoisotopic (exact) mass is 320 g/mol. The van der Waals surface area contributed by atoms with Crippen LogP contribution in [0.15, 0.2) is 48.5 Å². The molecule has 1 amide bonds. The summed E-state index contributed by atoms with van der Waals surface area (Å²) >= 11 is 0. The van der Waals surface area contributed by atoms with Crippen LogP contribution in [-0.4, -0.2) is 24.8 Å². The zero-order valence-corrected chi connectivity index (χ0v) is 13.1. The van der Waals surface area contributed by atoms with E-state index >= 15 is 0 Å². The third-order valence-electron chi connectivity index (χ3n) is 3.91. The van der Waals surface area contributed by atoms with Crippen molar-refractivity contribution >= 4 is 17.4 Å². The number of anilines is 1. The van der Waals surface area contributed by atoms with Gasteiger partial charge in [-0.15, -0.1) is 0 Å². The van der Waals surface area contributed by atoms with Crippen LogP contribution in [0.5, 0.6) is 5.75 Å². The number of hydrogen-bond donors (Lipinski definition) is 0. The molecule has 2 aromatic rings. The first-order valence-electron chi connectivity index (χ1n) is 7.74. The third-order valence-corrected chi connectivity index (χ3v) is 3.91. The highest BCUT2D eigenvalue weighted by Gasteiger charge is 2.21. The van der Waals surface area contributed by atoms with Gasteiger partial charge < -0.3 is 9.64 Å². The minimum atomic E-state index is -0.156. The normalized spacial score (nSPS) is 13.6. The summed E-state index contributed by atoms with van der Waals surface area (Å²) in [4.78, 5) is 25.7. The van der Waals surface area contributed by atoms with E-state index in [0.717, 1.165) is 18.7 Å². The third kappa shape index (κ3) is 3.44. The van der Waals surface area contributed by atoms with E-state index in [1.54, 1.807) is 53.4 Å². The van der Waals surface area contributed by atoms with Crippen molar-refractivity contribution in [3.8, 4) is 11.8 Å². The van der Waals surface area contributed by atoms with Crippen molar-refractivity contribution < 1.29 is 14.3 Å². The van der Waals surface area contributed by atoms with E-state index in [1.807, 2.05) is 6.07 Å². The molecule has 0 N–H and O–H groups in total. The molecule has 1 aliphatic heterocycles. The molecule has 0 saturated carbocycles. The lowest BCUT2D eigenvalue weighted by Crippen LogP contribution is -2.23. The van der Waals surface area contributed by atoms with Gasteiger partial charge in [0.05, 0.1) is 11.6 Å². The second-order valence-corrected chi connectivity index (χ2v) is 5.55. The molecule has 5 heteroatoms. The second kappa shape index (κ2) is 6.97. The number of nitriles is 1. The Morgan fingerprint density at radius 3 is 2.67 bits per heavy atom. The van der Waals surface area contributed by atoms with Crippen molar-refractivity contribution in [2.75, 3.05) is 18.1 Å². The number of carbonyl (C=O) groups is 2. The van der Waals surface area contributed by atoms with Gasteiger partial charge in [0, 0.05) is 24.2 Å². The number of amides is 1. The molecule has 2 aromatic carbocycles. The summed E-state index contributed by atoms with van der Waals surface area (Å²) in [6.45, 7) is 0.626. The molecule has 1 fully saturated rings. The number of Topliss-reactive ketones (excluding diaryl/α,β-unsaturated/α-hetero) is 1. The molecule has 0 spiro atoms. The molecule has 0 aromatic heterocycles. The van der Waals surface area contributed by atoms with Gasteiger partial charge in [-0.1, -0.05) is 6.07 Å². The molecule has 0 atom stereocenters. The van der Waals surface area contributed by atoms with Gasteiger partial charge in [0.2, 0.25) is 5.91 Å². The molecule has 1 aliphatic rings. The minimum absolute atomic E-state index is 0.100. The van der Waals surface area contributed by atoms with E-state index < -0.39 is 0 Å². The van der Waals surface area contributed by atoms with Crippen LogP contribution in [-0.2, 0) is 4.79 Å². The summed E-state index contributed by atoms with van der Waals surface area (Å²) in [5.74, 6) is 0.452. The maximum Gasteiger partial charge on any atom is 0.227 e. The van der Waals surface area contributed by atoms with Crippen molar-refractivity contribution in [2.45, 2.75) is 12.8 Å². The Hall–Kier alpha value is -3.13. The van der Waals surface area contributed by atoms with Crippen LogP contribution in [0.2, 0.25) is 0 Å². The van der Waals surface area contributed by atoms with Crippen molar-refractivity contribution in [3.05, 3.63) is 59.7 Å². The Balaban J connectivity index is 1.62. The van der Waals surface area contributed by atoms with Gasteiger partial charge in [-0.05, 0) is 48.9 Å². The highest BCUT2D eigenvalue weighted by atomic mass is 16.5. The number of ether oxygens (including phenoxy) is 1. The maximum absolute atomic E-state index is 12.2. The highest BCUT2D eigenvalue weighted by molar-refractivity contribution is 5.99. The van der Waals surface area contributed by atoms with E-state index in [1.165, 1.54) is 0 Å². The molecule has 120 valence electrons. The van der Waals surface area contributed by atoms with Crippen molar-refractivity contribution in [3.63, 3.8) is 0 Å². The van der Waals surface area contributed by atoms with Gasteiger partial charge in [-0.2, -0.15) is 5.26 Å². The maximum atomic E-state index is 12.2. The Bertz CT molecular complexity index is 806. The molecule has 3 rings (SSSR count). The number of carbonyl (C=O) groups excluding carboxylic acids is 2. The molecular formula is C19H16N2O3. The first-order valence-corrected chi connectivity index (χ1v) is 7.74. The molecule has 0 aliphatic carbocycles. The molecule has 1 saturated heterocycles. The summed E-state index contributed by atoms with van der Waals surface area (Å²) in [6.07, 6.45) is 1.45. The van der Waals surface area contributed by atoms with Gasteiger partial charge in [-0.3, -0.25) is 9.59 Å². The predicted octanol–water partition coefficient (Wildman–Crippen LogP) is 2.95. The van der Waals surface area contributed by atoms with Gasteiger partial charge in [0.1, 0.15) is 5.75 Å². The Morgan fingerprint density at radius 2 is 2.00 bits per heavy atom. The summed E-state index contributed by atoms with van der Waals surface area (Å²) in [5, 5.41) is 8.85. The number of benzene rings is 2. The van der Waals surface area contributed by atoms with E-state index in [4.69, 9.17) is 10.00 Å². The van der Waals surface area contributed by atoms with Gasteiger partial charge in [-0.25, -0.2) is 0 Å². The average Bonchev–Trinajstić information content (AvgIpc) is 3.06. The Kier molecular flexibility index (Phi) is 4.57. The van der Waals surface area contributed by atoms with Crippen LogP contribution in [0.4, 0.5) is 5.69 Å². The molecule has 1 heterocycles. The molecule has 0 bridgehead atoms. The smallest absolute Gasteiger partial charge is 0.227 e. The highest BCUT2D eigenvalue weighted by Crippen LogP contribution is 2.22. The fourth-order valence-corrected chi connectivity index (χ4v) is 2.64. The summed E-state index contributed by atoms with van der Waals surface area (Å²) in [5.41, 5.74) is 1.83. The van der Waals surface area contributed by atoms with Crippen LogP contribution >= 0.6 is 0 Å². The fraction of sp³-hybridized carbons (Fsp3) is 0.211. The standard InChI is InChI=1S/C19H16N2O3/c20-12-14-3-1-4-17(11-14)24-13-18(22)15-6-8-16(9-7-15)21-10-2-5-19(21)23/h1,3-4,6-9,11H,2,5,10,13H2. The summed E-state index contributed by atoms with van der Waals surface area (Å²) in [6, 6.07) is 15.7. The topological polar surface area (TPSA) is 70.4 Å². The second-order valence-electron chi connectivity index (χ2n) is 5.55. The van der Waals surface area contributed by atoms with Gasteiger partial charge >= 0.3 is 0 Å². The van der Waals surface area contributed by atoms with Crippen molar-refractivity contribution in [2.24, 2.45) is 0 Å². The molecule has 0 radical (unpaired) electrons. The van der Waals surface area contributed by atoms with Crippen molar-refractivity contribution in [1.29, 1.82) is 5.26 Å². The lowest BCUT2D eigenvalue weighted by atomic mass is 10.1. The number of ketones is 1. The quantitative estimate of drug-likeness (QED) is 0.794. The number of rotatable bonds is 5. The predicted molar refractivity (Wildman–Crippen MR) is 89.0 cm³/mol. The van der Waals surface area contributed by atoms with E-state index in [9.17, 15) is 9.59 Å². The molecule has 24 heavy (non-hydrogen) atoms. The Labute approximate surface area is 140 Å². The van der Waals surface area contributed by atoms with E-state index in [0.29, 0.717) is 23.3 Å². The van der Waals surface area contributed by atoms with E-state index in [-0.39, 0.29) is 18.3 Å². The zero-order chi connectivity index (χ0) is 16.9. The molecule has 5 nitrogen and oxygen atoms in total. The van der Waals surface area contributed by atoms with Crippen molar-refractivity contribution in [1.82, 2.24) is 0 Å².